The third kappa shape index (κ3) is 7.21. The zero-order valence-corrected chi connectivity index (χ0v) is 20.0. The van der Waals surface area contributed by atoms with Gasteiger partial charge in [0.05, 0.1) is 19.2 Å². The molecule has 0 radical (unpaired) electrons. The molecule has 8 nitrogen and oxygen atoms in total. The Morgan fingerprint density at radius 2 is 1.94 bits per heavy atom. The van der Waals surface area contributed by atoms with Crippen LogP contribution in [0.5, 0.6) is 5.75 Å². The van der Waals surface area contributed by atoms with Crippen molar-refractivity contribution >= 4 is 22.7 Å². The third-order valence-electron chi connectivity index (χ3n) is 4.92. The number of methoxy groups -OCH3 is 1. The van der Waals surface area contributed by atoms with E-state index < -0.39 is 47.9 Å². The molecule has 2 heterocycles. The number of carbonyl (C=O) groups is 1. The summed E-state index contributed by atoms with van der Waals surface area (Å²) in [5, 5.41) is 3.04. The summed E-state index contributed by atoms with van der Waals surface area (Å²) in [6.45, 7) is 7.59. The normalized spacial score (nSPS) is 19.8. The van der Waals surface area contributed by atoms with E-state index in [-0.39, 0.29) is 17.3 Å². The first kappa shape index (κ1) is 27.2. The molecule has 12 heteroatoms. The molecule has 186 valence electrons. The summed E-state index contributed by atoms with van der Waals surface area (Å²) in [5.74, 6) is -1.54. The van der Waals surface area contributed by atoms with E-state index in [9.17, 15) is 22.8 Å². The molecule has 1 aromatic heterocycles. The molecule has 1 aliphatic heterocycles. The van der Waals surface area contributed by atoms with Crippen LogP contribution in [0.4, 0.5) is 13.2 Å². The summed E-state index contributed by atoms with van der Waals surface area (Å²) in [6, 6.07) is 1.12. The average Bonchev–Trinajstić information content (AvgIpc) is 3.14. The highest BCUT2D eigenvalue weighted by Crippen LogP contribution is 2.36. The molecule has 0 spiro atoms. The number of thioether (sulfide) groups is 1. The van der Waals surface area contributed by atoms with Crippen molar-refractivity contribution in [1.29, 1.82) is 0 Å². The van der Waals surface area contributed by atoms with Crippen molar-refractivity contribution in [2.45, 2.75) is 64.1 Å². The third-order valence-corrected chi connectivity index (χ3v) is 6.36. The summed E-state index contributed by atoms with van der Waals surface area (Å²) in [7, 11) is 1.31. The van der Waals surface area contributed by atoms with Gasteiger partial charge in [0.15, 0.2) is 0 Å². The van der Waals surface area contributed by atoms with Crippen molar-refractivity contribution in [3.63, 3.8) is 0 Å². The number of ether oxygens (including phenoxy) is 3. The SMILES string of the molecule is CCOC(C)(OCC)C1=N[C@](C)(C(=O)N[C@H](CCC(F)(F)F)c2cc(OC)cc(=O)o2)CS1. The number of hydrogen-bond acceptors (Lipinski definition) is 8. The van der Waals surface area contributed by atoms with Gasteiger partial charge in [-0.1, -0.05) is 0 Å². The fourth-order valence-corrected chi connectivity index (χ4v) is 4.49. The topological polar surface area (TPSA) is 99.4 Å². The predicted octanol–water partition coefficient (Wildman–Crippen LogP) is 3.84. The molecular weight excluding hydrogens is 465 g/mol. The Kier molecular flexibility index (Phi) is 9.00. The molecular formula is C21H29F3N2O6S. The molecule has 1 amide bonds. The minimum absolute atomic E-state index is 0.111. The van der Waals surface area contributed by atoms with Crippen LogP contribution in [0.15, 0.2) is 26.3 Å². The van der Waals surface area contributed by atoms with Crippen molar-refractivity contribution in [1.82, 2.24) is 5.32 Å². The number of nitrogens with one attached hydrogen (secondary N) is 1. The zero-order chi connectivity index (χ0) is 24.9. The molecule has 0 saturated heterocycles. The highest BCUT2D eigenvalue weighted by atomic mass is 32.2. The minimum atomic E-state index is -4.46. The van der Waals surface area contributed by atoms with E-state index in [2.05, 4.69) is 10.3 Å². The van der Waals surface area contributed by atoms with Gasteiger partial charge in [-0.05, 0) is 34.1 Å². The fourth-order valence-electron chi connectivity index (χ4n) is 3.23. The summed E-state index contributed by atoms with van der Waals surface area (Å²) >= 11 is 1.28. The van der Waals surface area contributed by atoms with Gasteiger partial charge in [-0.15, -0.1) is 11.8 Å². The molecule has 2 atom stereocenters. The number of rotatable bonds is 11. The van der Waals surface area contributed by atoms with Crippen molar-refractivity contribution in [3.05, 3.63) is 28.3 Å². The van der Waals surface area contributed by atoms with Crippen LogP contribution in [-0.2, 0) is 14.3 Å². The van der Waals surface area contributed by atoms with Crippen LogP contribution in [0.2, 0.25) is 0 Å². The molecule has 0 aromatic carbocycles. The molecule has 1 aromatic rings. The van der Waals surface area contributed by atoms with Crippen molar-refractivity contribution in [2.24, 2.45) is 4.99 Å². The Bertz CT molecular complexity index is 914. The summed E-state index contributed by atoms with van der Waals surface area (Å²) in [5.41, 5.74) is -2.09. The van der Waals surface area contributed by atoms with E-state index in [0.29, 0.717) is 18.3 Å². The monoisotopic (exact) mass is 494 g/mol. The highest BCUT2D eigenvalue weighted by Gasteiger charge is 2.45. The van der Waals surface area contributed by atoms with Crippen molar-refractivity contribution in [2.75, 3.05) is 26.1 Å². The predicted molar refractivity (Wildman–Crippen MR) is 118 cm³/mol. The van der Waals surface area contributed by atoms with Gasteiger partial charge in [-0.2, -0.15) is 13.2 Å². The maximum Gasteiger partial charge on any atom is 0.389 e. The van der Waals surface area contributed by atoms with Crippen molar-refractivity contribution in [3.8, 4) is 5.75 Å². The Morgan fingerprint density at radius 1 is 1.30 bits per heavy atom. The van der Waals surface area contributed by atoms with Gasteiger partial charge in [0, 0.05) is 31.5 Å². The number of alkyl halides is 3. The maximum absolute atomic E-state index is 13.2. The smallest absolute Gasteiger partial charge is 0.389 e. The number of carbonyl (C=O) groups excluding carboxylic acids is 1. The molecule has 2 rings (SSSR count). The van der Waals surface area contributed by atoms with Gasteiger partial charge < -0.3 is 23.9 Å². The second-order valence-electron chi connectivity index (χ2n) is 7.69. The maximum atomic E-state index is 13.2. The van der Waals surface area contributed by atoms with Gasteiger partial charge in [-0.25, -0.2) is 4.79 Å². The van der Waals surface area contributed by atoms with Crippen LogP contribution >= 0.6 is 11.8 Å². The first-order chi connectivity index (χ1) is 15.4. The van der Waals surface area contributed by atoms with Crippen LogP contribution in [0.3, 0.4) is 0 Å². The quantitative estimate of drug-likeness (QED) is 0.467. The molecule has 0 aliphatic carbocycles. The molecule has 1 aliphatic rings. The number of aliphatic imine (C=N–C) groups is 1. The molecule has 33 heavy (non-hydrogen) atoms. The van der Waals surface area contributed by atoms with E-state index in [1.54, 1.807) is 27.7 Å². The summed E-state index contributed by atoms with van der Waals surface area (Å²) in [6.07, 6.45) is -6.18. The summed E-state index contributed by atoms with van der Waals surface area (Å²) in [4.78, 5) is 29.5. The van der Waals surface area contributed by atoms with Crippen LogP contribution in [-0.4, -0.2) is 54.5 Å². The Hall–Kier alpha value is -2.05. The number of hydrogen-bond donors (Lipinski definition) is 1. The lowest BCUT2D eigenvalue weighted by Gasteiger charge is -2.28. The number of halogens is 3. The van der Waals surface area contributed by atoms with Gasteiger partial charge >= 0.3 is 11.8 Å². The first-order valence-corrected chi connectivity index (χ1v) is 11.4. The van der Waals surface area contributed by atoms with Gasteiger partial charge in [0.2, 0.25) is 11.7 Å². The average molecular weight is 495 g/mol. The largest absolute Gasteiger partial charge is 0.496 e. The van der Waals surface area contributed by atoms with Crippen LogP contribution in [0.25, 0.3) is 0 Å². The highest BCUT2D eigenvalue weighted by molar-refractivity contribution is 8.14. The Balaban J connectivity index is 2.32. The van der Waals surface area contributed by atoms with Gasteiger partial charge in [0.1, 0.15) is 22.1 Å². The second-order valence-corrected chi connectivity index (χ2v) is 8.65. The van der Waals surface area contributed by atoms with Crippen molar-refractivity contribution < 1.29 is 36.6 Å². The zero-order valence-electron chi connectivity index (χ0n) is 19.2. The molecule has 0 fully saturated rings. The lowest BCUT2D eigenvalue weighted by molar-refractivity contribution is -0.169. The van der Waals surface area contributed by atoms with E-state index in [1.165, 1.54) is 24.9 Å². The van der Waals surface area contributed by atoms with E-state index in [4.69, 9.17) is 18.6 Å². The minimum Gasteiger partial charge on any atom is -0.496 e. The standard InChI is InChI=1S/C21H29F3N2O6S/c1-6-30-20(4,31-7-2)18-26-19(3,12-33-18)17(28)25-14(8-9-21(22,23)24)15-10-13(29-5)11-16(27)32-15/h10-11,14H,6-9,12H2,1-5H3,(H,25,28)/t14-,19+/m1/s1. The van der Waals surface area contributed by atoms with E-state index in [0.717, 1.165) is 6.07 Å². The van der Waals surface area contributed by atoms with Gasteiger partial charge in [-0.3, -0.25) is 9.79 Å². The lowest BCUT2D eigenvalue weighted by Crippen LogP contribution is -2.46. The Morgan fingerprint density at radius 3 is 2.48 bits per heavy atom. The molecule has 0 bridgehead atoms. The molecule has 1 N–H and O–H groups in total. The lowest BCUT2D eigenvalue weighted by atomic mass is 10.0. The first-order valence-electron chi connectivity index (χ1n) is 10.4. The van der Waals surface area contributed by atoms with E-state index >= 15 is 0 Å². The number of amides is 1. The number of nitrogens with zero attached hydrogens (tertiary/aromatic N) is 1. The van der Waals surface area contributed by atoms with E-state index in [1.807, 2.05) is 0 Å². The summed E-state index contributed by atoms with van der Waals surface area (Å²) < 4.78 is 60.2. The fraction of sp³-hybridized carbons (Fsp3) is 0.667. The van der Waals surface area contributed by atoms with Crippen LogP contribution < -0.4 is 15.7 Å². The Labute approximate surface area is 194 Å². The van der Waals surface area contributed by atoms with Crippen LogP contribution in [0.1, 0.15) is 52.3 Å². The molecule has 0 saturated carbocycles. The molecule has 0 unspecified atom stereocenters. The van der Waals surface area contributed by atoms with Gasteiger partial charge in [0.25, 0.3) is 0 Å². The van der Waals surface area contributed by atoms with Crippen LogP contribution in [0, 0.1) is 0 Å². The second kappa shape index (κ2) is 10.9.